The fourth-order valence-electron chi connectivity index (χ4n) is 1.13. The number of carbonyl (C=O) groups is 1. The minimum atomic E-state index is -0.128. The number of hydrogen-bond acceptors (Lipinski definition) is 2. The summed E-state index contributed by atoms with van der Waals surface area (Å²) in [7, 11) is 0. The summed E-state index contributed by atoms with van der Waals surface area (Å²) < 4.78 is 4.80. The molecule has 82 valence electrons. The fourth-order valence-corrected chi connectivity index (χ4v) is 1.13. The van der Waals surface area contributed by atoms with E-state index in [1.165, 1.54) is 6.26 Å². The largest absolute Gasteiger partial charge is 0.435 e. The van der Waals surface area contributed by atoms with Gasteiger partial charge in [-0.05, 0) is 25.2 Å². The maximum absolute atomic E-state index is 11.1. The highest BCUT2D eigenvalue weighted by molar-refractivity contribution is 5.69. The topological polar surface area (TPSA) is 26.3 Å². The Kier molecular flexibility index (Phi) is 6.26. The van der Waals surface area contributed by atoms with Crippen LogP contribution in [0.1, 0.15) is 53.4 Å². The zero-order valence-electron chi connectivity index (χ0n) is 9.80. The third kappa shape index (κ3) is 9.30. The Morgan fingerprint density at radius 3 is 2.43 bits per heavy atom. The van der Waals surface area contributed by atoms with Crippen molar-refractivity contribution in [3.63, 3.8) is 0 Å². The lowest BCUT2D eigenvalue weighted by Gasteiger charge is -2.17. The summed E-state index contributed by atoms with van der Waals surface area (Å²) >= 11 is 0. The molecule has 2 heteroatoms. The molecule has 0 amide bonds. The van der Waals surface area contributed by atoms with Crippen LogP contribution >= 0.6 is 0 Å². The zero-order chi connectivity index (χ0) is 11.0. The van der Waals surface area contributed by atoms with Gasteiger partial charge in [-0.25, -0.2) is 0 Å². The molecule has 0 saturated heterocycles. The Hall–Kier alpha value is -0.790. The fraction of sp³-hybridized carbons (Fsp3) is 0.750. The smallest absolute Gasteiger partial charge is 0.310 e. The van der Waals surface area contributed by atoms with Crippen LogP contribution in [0.2, 0.25) is 0 Å². The van der Waals surface area contributed by atoms with Gasteiger partial charge in [0.2, 0.25) is 0 Å². The van der Waals surface area contributed by atoms with Crippen LogP contribution in [0.25, 0.3) is 0 Å². The molecule has 0 aromatic rings. The number of unbranched alkanes of at least 4 members (excludes halogenated alkanes) is 1. The van der Waals surface area contributed by atoms with Crippen molar-refractivity contribution in [1.29, 1.82) is 0 Å². The van der Waals surface area contributed by atoms with Crippen molar-refractivity contribution in [3.05, 3.63) is 12.3 Å². The molecular weight excluding hydrogens is 176 g/mol. The van der Waals surface area contributed by atoms with E-state index in [1.807, 2.05) is 6.92 Å². The van der Waals surface area contributed by atoms with Crippen molar-refractivity contribution in [3.8, 4) is 0 Å². The van der Waals surface area contributed by atoms with Crippen molar-refractivity contribution >= 4 is 5.97 Å². The van der Waals surface area contributed by atoms with Gasteiger partial charge in [0.05, 0.1) is 6.26 Å². The first-order valence-corrected chi connectivity index (χ1v) is 5.26. The first kappa shape index (κ1) is 13.2. The lowest BCUT2D eigenvalue weighted by Crippen LogP contribution is -2.05. The molecule has 0 aliphatic carbocycles. The summed E-state index contributed by atoms with van der Waals surface area (Å²) in [5.41, 5.74) is 0.368. The molecule has 0 unspecified atom stereocenters. The summed E-state index contributed by atoms with van der Waals surface area (Å²) in [4.78, 5) is 11.1. The first-order chi connectivity index (χ1) is 6.45. The van der Waals surface area contributed by atoms with Crippen LogP contribution < -0.4 is 0 Å². The first-order valence-electron chi connectivity index (χ1n) is 5.26. The van der Waals surface area contributed by atoms with Crippen molar-refractivity contribution < 1.29 is 9.53 Å². The number of rotatable bonds is 5. The van der Waals surface area contributed by atoms with Gasteiger partial charge in [-0.15, -0.1) is 0 Å². The molecule has 0 aromatic carbocycles. The lowest BCUT2D eigenvalue weighted by atomic mass is 9.89. The van der Waals surface area contributed by atoms with Crippen molar-refractivity contribution in [2.45, 2.75) is 53.4 Å². The molecule has 0 rings (SSSR count). The van der Waals surface area contributed by atoms with Gasteiger partial charge in [0.25, 0.3) is 0 Å². The minimum Gasteiger partial charge on any atom is -0.435 e. The van der Waals surface area contributed by atoms with E-state index in [2.05, 4.69) is 20.8 Å². The third-order valence-corrected chi connectivity index (χ3v) is 1.89. The highest BCUT2D eigenvalue weighted by Gasteiger charge is 2.09. The van der Waals surface area contributed by atoms with E-state index in [0.717, 1.165) is 19.3 Å². The van der Waals surface area contributed by atoms with Crippen LogP contribution in [0.4, 0.5) is 0 Å². The molecular formula is C12H22O2. The van der Waals surface area contributed by atoms with Gasteiger partial charge in [0, 0.05) is 6.42 Å². The second kappa shape index (κ2) is 6.63. The summed E-state index contributed by atoms with van der Waals surface area (Å²) in [6, 6.07) is 0. The Morgan fingerprint density at radius 1 is 1.29 bits per heavy atom. The van der Waals surface area contributed by atoms with Crippen molar-refractivity contribution in [2.75, 3.05) is 0 Å². The molecule has 0 atom stereocenters. The normalized spacial score (nSPS) is 12.0. The molecule has 0 bridgehead atoms. The minimum absolute atomic E-state index is 0.128. The number of carbonyl (C=O) groups excluding carboxylic acids is 1. The van der Waals surface area contributed by atoms with E-state index in [-0.39, 0.29) is 5.97 Å². The Bertz CT molecular complexity index is 187. The van der Waals surface area contributed by atoms with Gasteiger partial charge in [0.1, 0.15) is 0 Å². The lowest BCUT2D eigenvalue weighted by molar-refractivity contribution is -0.138. The number of allylic oxidation sites excluding steroid dienone is 1. The van der Waals surface area contributed by atoms with E-state index in [0.29, 0.717) is 11.8 Å². The second-order valence-corrected chi connectivity index (χ2v) is 4.73. The third-order valence-electron chi connectivity index (χ3n) is 1.89. The molecule has 0 aliphatic heterocycles. The van der Waals surface area contributed by atoms with E-state index >= 15 is 0 Å². The van der Waals surface area contributed by atoms with Crippen LogP contribution in [-0.2, 0) is 9.53 Å². The molecule has 0 spiro atoms. The van der Waals surface area contributed by atoms with Crippen molar-refractivity contribution in [1.82, 2.24) is 0 Å². The average molecular weight is 198 g/mol. The maximum Gasteiger partial charge on any atom is 0.310 e. The molecule has 0 saturated carbocycles. The molecule has 0 fully saturated rings. The van der Waals surface area contributed by atoms with Crippen LogP contribution in [0, 0.1) is 5.41 Å². The zero-order valence-corrected chi connectivity index (χ0v) is 9.80. The van der Waals surface area contributed by atoms with Crippen LogP contribution in [0.3, 0.4) is 0 Å². The summed E-state index contributed by atoms with van der Waals surface area (Å²) in [6.07, 6.45) is 6.85. The number of esters is 1. The summed E-state index contributed by atoms with van der Waals surface area (Å²) in [5, 5.41) is 0. The molecule has 0 heterocycles. The van der Waals surface area contributed by atoms with Gasteiger partial charge in [-0.2, -0.15) is 0 Å². The monoisotopic (exact) mass is 198 g/mol. The van der Waals surface area contributed by atoms with Gasteiger partial charge in [0.15, 0.2) is 0 Å². The molecule has 14 heavy (non-hydrogen) atoms. The predicted molar refractivity (Wildman–Crippen MR) is 58.8 cm³/mol. The van der Waals surface area contributed by atoms with E-state index in [4.69, 9.17) is 4.74 Å². The number of hydrogen-bond donors (Lipinski definition) is 0. The maximum atomic E-state index is 11.1. The second-order valence-electron chi connectivity index (χ2n) is 4.73. The van der Waals surface area contributed by atoms with Gasteiger partial charge in [-0.3, -0.25) is 4.79 Å². The highest BCUT2D eigenvalue weighted by atomic mass is 16.5. The van der Waals surface area contributed by atoms with Crippen LogP contribution in [0.5, 0.6) is 0 Å². The summed E-state index contributed by atoms with van der Waals surface area (Å²) in [5.74, 6) is -0.128. The number of ether oxygens (including phenoxy) is 1. The SMILES string of the molecule is CC=COC(=O)CCCCC(C)(C)C. The quantitative estimate of drug-likeness (QED) is 0.383. The van der Waals surface area contributed by atoms with Gasteiger partial charge >= 0.3 is 5.97 Å². The summed E-state index contributed by atoms with van der Waals surface area (Å²) in [6.45, 7) is 8.47. The molecule has 0 aromatic heterocycles. The molecule has 0 N–H and O–H groups in total. The van der Waals surface area contributed by atoms with E-state index in [1.54, 1.807) is 6.08 Å². The molecule has 0 aliphatic rings. The van der Waals surface area contributed by atoms with Gasteiger partial charge in [-0.1, -0.05) is 33.3 Å². The highest BCUT2D eigenvalue weighted by Crippen LogP contribution is 2.21. The van der Waals surface area contributed by atoms with E-state index < -0.39 is 0 Å². The predicted octanol–water partition coefficient (Wildman–Crippen LogP) is 3.67. The Morgan fingerprint density at radius 2 is 1.93 bits per heavy atom. The molecule has 0 radical (unpaired) electrons. The molecule has 2 nitrogen and oxygen atoms in total. The van der Waals surface area contributed by atoms with Crippen LogP contribution in [-0.4, -0.2) is 5.97 Å². The Labute approximate surface area is 87.3 Å². The Balaban J connectivity index is 3.41. The van der Waals surface area contributed by atoms with Crippen LogP contribution in [0.15, 0.2) is 12.3 Å². The van der Waals surface area contributed by atoms with Gasteiger partial charge < -0.3 is 4.74 Å². The standard InChI is InChI=1S/C12H22O2/c1-5-10-14-11(13)8-6-7-9-12(2,3)4/h5,10H,6-9H2,1-4H3. The average Bonchev–Trinajstić information content (AvgIpc) is 2.07. The van der Waals surface area contributed by atoms with E-state index in [9.17, 15) is 4.79 Å². The van der Waals surface area contributed by atoms with Crippen molar-refractivity contribution in [2.24, 2.45) is 5.41 Å².